The molecular weight excluding hydrogens is 228 g/mol. The van der Waals surface area contributed by atoms with Gasteiger partial charge in [0.2, 0.25) is 6.29 Å². The van der Waals surface area contributed by atoms with Gasteiger partial charge in [0, 0.05) is 18.7 Å². The van der Waals surface area contributed by atoms with Gasteiger partial charge in [-0.25, -0.2) is 0 Å². The standard InChI is InChI=1S/C15H16O3/c1-3-15(16)18-11(2)17-14-10-6-8-12-7-4-5-9-13(12)14/h4-11H,3H2,1-2H3. The minimum atomic E-state index is -0.580. The number of rotatable bonds is 4. The molecule has 1 atom stereocenters. The maximum Gasteiger partial charge on any atom is 0.308 e. The molecule has 1 unspecified atom stereocenters. The molecule has 3 nitrogen and oxygen atoms in total. The summed E-state index contributed by atoms with van der Waals surface area (Å²) in [6.07, 6.45) is -0.230. The zero-order chi connectivity index (χ0) is 13.0. The van der Waals surface area contributed by atoms with Crippen molar-refractivity contribution in [3.63, 3.8) is 0 Å². The maximum absolute atomic E-state index is 11.2. The summed E-state index contributed by atoms with van der Waals surface area (Å²) < 4.78 is 10.7. The number of fused-ring (bicyclic) bond motifs is 1. The van der Waals surface area contributed by atoms with Crippen molar-refractivity contribution in [2.75, 3.05) is 0 Å². The van der Waals surface area contributed by atoms with Crippen LogP contribution in [0, 0.1) is 0 Å². The predicted molar refractivity (Wildman–Crippen MR) is 70.4 cm³/mol. The zero-order valence-electron chi connectivity index (χ0n) is 10.6. The van der Waals surface area contributed by atoms with Gasteiger partial charge in [0.25, 0.3) is 0 Å². The normalized spacial score (nSPS) is 12.1. The number of esters is 1. The molecule has 0 saturated heterocycles. The zero-order valence-corrected chi connectivity index (χ0v) is 10.6. The lowest BCUT2D eigenvalue weighted by Crippen LogP contribution is -2.20. The van der Waals surface area contributed by atoms with Crippen molar-refractivity contribution in [3.8, 4) is 5.75 Å². The molecule has 0 heterocycles. The highest BCUT2D eigenvalue weighted by molar-refractivity contribution is 5.88. The Morgan fingerprint density at radius 3 is 2.67 bits per heavy atom. The third kappa shape index (κ3) is 2.80. The summed E-state index contributed by atoms with van der Waals surface area (Å²) in [5, 5.41) is 2.11. The molecule has 0 aromatic heterocycles. The second-order valence-electron chi connectivity index (χ2n) is 4.01. The van der Waals surface area contributed by atoms with Gasteiger partial charge >= 0.3 is 5.97 Å². The highest BCUT2D eigenvalue weighted by Gasteiger charge is 2.10. The van der Waals surface area contributed by atoms with Crippen molar-refractivity contribution in [2.24, 2.45) is 0 Å². The van der Waals surface area contributed by atoms with Gasteiger partial charge in [-0.3, -0.25) is 4.79 Å². The van der Waals surface area contributed by atoms with Crippen molar-refractivity contribution >= 4 is 16.7 Å². The first-order chi connectivity index (χ1) is 8.70. The Kier molecular flexibility index (Phi) is 3.82. The molecule has 2 aromatic carbocycles. The Hall–Kier alpha value is -2.03. The highest BCUT2D eigenvalue weighted by atomic mass is 16.7. The van der Waals surface area contributed by atoms with Crippen molar-refractivity contribution in [3.05, 3.63) is 42.5 Å². The number of ether oxygens (including phenoxy) is 2. The first kappa shape index (κ1) is 12.4. The lowest BCUT2D eigenvalue weighted by molar-refractivity contribution is -0.160. The van der Waals surface area contributed by atoms with Crippen molar-refractivity contribution in [2.45, 2.75) is 26.6 Å². The van der Waals surface area contributed by atoms with Crippen molar-refractivity contribution in [1.82, 2.24) is 0 Å². The van der Waals surface area contributed by atoms with Crippen LogP contribution in [0.25, 0.3) is 10.8 Å². The molecule has 3 heteroatoms. The van der Waals surface area contributed by atoms with Crippen LogP contribution in [-0.2, 0) is 9.53 Å². The molecule has 0 N–H and O–H groups in total. The second-order valence-corrected chi connectivity index (χ2v) is 4.01. The molecular formula is C15H16O3. The topological polar surface area (TPSA) is 35.5 Å². The monoisotopic (exact) mass is 244 g/mol. The van der Waals surface area contributed by atoms with Gasteiger partial charge in [-0.05, 0) is 11.5 Å². The fraction of sp³-hybridized carbons (Fsp3) is 0.267. The first-order valence-corrected chi connectivity index (χ1v) is 6.04. The van der Waals surface area contributed by atoms with Crippen molar-refractivity contribution in [1.29, 1.82) is 0 Å². The molecule has 0 fully saturated rings. The summed E-state index contributed by atoms with van der Waals surface area (Å²) in [4.78, 5) is 11.2. The average molecular weight is 244 g/mol. The predicted octanol–water partition coefficient (Wildman–Crippen LogP) is 3.52. The molecule has 2 aromatic rings. The van der Waals surface area contributed by atoms with E-state index in [4.69, 9.17) is 9.47 Å². The summed E-state index contributed by atoms with van der Waals surface area (Å²) in [5.41, 5.74) is 0. The maximum atomic E-state index is 11.2. The third-order valence-electron chi connectivity index (χ3n) is 2.63. The van der Waals surface area contributed by atoms with E-state index < -0.39 is 6.29 Å². The summed E-state index contributed by atoms with van der Waals surface area (Å²) in [6, 6.07) is 13.8. The van der Waals surface area contributed by atoms with E-state index >= 15 is 0 Å². The van der Waals surface area contributed by atoms with Gasteiger partial charge in [0.15, 0.2) is 0 Å². The largest absolute Gasteiger partial charge is 0.454 e. The Morgan fingerprint density at radius 1 is 1.17 bits per heavy atom. The molecule has 0 amide bonds. The first-order valence-electron chi connectivity index (χ1n) is 6.04. The van der Waals surface area contributed by atoms with Crippen LogP contribution in [0.3, 0.4) is 0 Å². The molecule has 2 rings (SSSR count). The van der Waals surface area contributed by atoms with E-state index in [1.54, 1.807) is 13.8 Å². The molecule has 0 radical (unpaired) electrons. The number of hydrogen-bond donors (Lipinski definition) is 0. The third-order valence-corrected chi connectivity index (χ3v) is 2.63. The van der Waals surface area contributed by atoms with E-state index in [0.29, 0.717) is 6.42 Å². The number of carbonyl (C=O) groups excluding carboxylic acids is 1. The Balaban J connectivity index is 2.19. The molecule has 94 valence electrons. The highest BCUT2D eigenvalue weighted by Crippen LogP contribution is 2.26. The summed E-state index contributed by atoms with van der Waals surface area (Å²) in [5.74, 6) is 0.465. The van der Waals surface area contributed by atoms with Crippen LogP contribution in [0.1, 0.15) is 20.3 Å². The SMILES string of the molecule is CCC(=O)OC(C)Oc1cccc2ccccc12. The number of hydrogen-bond acceptors (Lipinski definition) is 3. The van der Waals surface area contributed by atoms with E-state index in [2.05, 4.69) is 0 Å². The average Bonchev–Trinajstić information content (AvgIpc) is 2.39. The van der Waals surface area contributed by atoms with Gasteiger partial charge in [-0.15, -0.1) is 0 Å². The minimum absolute atomic E-state index is 0.261. The van der Waals surface area contributed by atoms with Gasteiger partial charge in [0.1, 0.15) is 5.75 Å². The molecule has 0 saturated carbocycles. The smallest absolute Gasteiger partial charge is 0.308 e. The second kappa shape index (κ2) is 5.54. The summed E-state index contributed by atoms with van der Waals surface area (Å²) >= 11 is 0. The lowest BCUT2D eigenvalue weighted by atomic mass is 10.1. The van der Waals surface area contributed by atoms with Crippen LogP contribution < -0.4 is 4.74 Å². The van der Waals surface area contributed by atoms with Crippen LogP contribution in [0.2, 0.25) is 0 Å². The van der Waals surface area contributed by atoms with Crippen molar-refractivity contribution < 1.29 is 14.3 Å². The van der Waals surface area contributed by atoms with E-state index in [9.17, 15) is 4.79 Å². The van der Waals surface area contributed by atoms with Gasteiger partial charge < -0.3 is 9.47 Å². The number of benzene rings is 2. The summed E-state index contributed by atoms with van der Waals surface area (Å²) in [7, 11) is 0. The van der Waals surface area contributed by atoms with Gasteiger partial charge in [0.05, 0.1) is 0 Å². The van der Waals surface area contributed by atoms with Gasteiger partial charge in [-0.1, -0.05) is 43.3 Å². The van der Waals surface area contributed by atoms with E-state index in [-0.39, 0.29) is 5.97 Å². The Bertz CT molecular complexity index is 543. The summed E-state index contributed by atoms with van der Waals surface area (Å²) in [6.45, 7) is 3.47. The Morgan fingerprint density at radius 2 is 1.89 bits per heavy atom. The number of carbonyl (C=O) groups is 1. The fourth-order valence-corrected chi connectivity index (χ4v) is 1.77. The molecule has 18 heavy (non-hydrogen) atoms. The van der Waals surface area contributed by atoms with Crippen LogP contribution in [-0.4, -0.2) is 12.3 Å². The van der Waals surface area contributed by atoms with Crippen LogP contribution in [0.15, 0.2) is 42.5 Å². The van der Waals surface area contributed by atoms with E-state index in [1.165, 1.54) is 0 Å². The molecule has 0 aliphatic carbocycles. The molecule has 0 aliphatic rings. The Labute approximate surface area is 106 Å². The van der Waals surface area contributed by atoms with Crippen LogP contribution in [0.4, 0.5) is 0 Å². The van der Waals surface area contributed by atoms with Gasteiger partial charge in [-0.2, -0.15) is 0 Å². The lowest BCUT2D eigenvalue weighted by Gasteiger charge is -2.16. The molecule has 0 aliphatic heterocycles. The fourth-order valence-electron chi connectivity index (χ4n) is 1.77. The quantitative estimate of drug-likeness (QED) is 0.609. The van der Waals surface area contributed by atoms with E-state index in [0.717, 1.165) is 16.5 Å². The molecule has 0 bridgehead atoms. The van der Waals surface area contributed by atoms with E-state index in [1.807, 2.05) is 42.5 Å². The van der Waals surface area contributed by atoms with Crippen LogP contribution >= 0.6 is 0 Å². The molecule has 0 spiro atoms. The minimum Gasteiger partial charge on any atom is -0.454 e. The van der Waals surface area contributed by atoms with Crippen LogP contribution in [0.5, 0.6) is 5.75 Å².